The van der Waals surface area contributed by atoms with Gasteiger partial charge in [0.2, 0.25) is 0 Å². The number of aliphatic carboxylic acids is 1. The number of thiazole rings is 1. The predicted octanol–water partition coefficient (Wildman–Crippen LogP) is 1.60. The third-order valence-electron chi connectivity index (χ3n) is 2.61. The van der Waals surface area contributed by atoms with Gasteiger partial charge in [0.25, 0.3) is 5.91 Å². The van der Waals surface area contributed by atoms with Crippen molar-refractivity contribution in [3.05, 3.63) is 15.6 Å². The van der Waals surface area contributed by atoms with E-state index in [1.807, 2.05) is 6.92 Å². The second-order valence-electron chi connectivity index (χ2n) is 4.04. The van der Waals surface area contributed by atoms with Crippen molar-refractivity contribution in [2.75, 3.05) is 0 Å². The number of hydrogen-bond acceptors (Lipinski definition) is 4. The van der Waals surface area contributed by atoms with Crippen LogP contribution >= 0.6 is 11.3 Å². The van der Waals surface area contributed by atoms with Crippen LogP contribution in [0.1, 0.15) is 34.2 Å². The Balaban J connectivity index is 2.73. The van der Waals surface area contributed by atoms with Gasteiger partial charge < -0.3 is 10.4 Å². The van der Waals surface area contributed by atoms with E-state index in [2.05, 4.69) is 10.3 Å². The van der Waals surface area contributed by atoms with Crippen molar-refractivity contribution in [2.45, 2.75) is 33.7 Å². The molecule has 0 aliphatic heterocycles. The van der Waals surface area contributed by atoms with Gasteiger partial charge in [0.05, 0.1) is 16.6 Å². The maximum atomic E-state index is 11.9. The molecule has 0 fully saturated rings. The first-order valence-electron chi connectivity index (χ1n) is 5.30. The van der Waals surface area contributed by atoms with Crippen molar-refractivity contribution in [1.82, 2.24) is 10.3 Å². The van der Waals surface area contributed by atoms with E-state index < -0.39 is 17.9 Å². The quantitative estimate of drug-likeness (QED) is 0.857. The lowest BCUT2D eigenvalue weighted by Gasteiger charge is -2.17. The van der Waals surface area contributed by atoms with E-state index >= 15 is 0 Å². The number of carbonyl (C=O) groups is 2. The van der Waals surface area contributed by atoms with Gasteiger partial charge in [-0.1, -0.05) is 0 Å². The van der Waals surface area contributed by atoms with Gasteiger partial charge in [-0.05, 0) is 27.7 Å². The Kier molecular flexibility index (Phi) is 4.22. The van der Waals surface area contributed by atoms with Crippen LogP contribution in [0.4, 0.5) is 0 Å². The lowest BCUT2D eigenvalue weighted by molar-refractivity contribution is -0.141. The summed E-state index contributed by atoms with van der Waals surface area (Å²) < 4.78 is 0. The summed E-state index contributed by atoms with van der Waals surface area (Å²) in [6, 6.07) is -0.415. The van der Waals surface area contributed by atoms with E-state index in [0.29, 0.717) is 10.6 Å². The SMILES string of the molecule is Cc1nc(C)c(C(=O)NC(C)C(C)C(=O)O)s1. The highest BCUT2D eigenvalue weighted by Crippen LogP contribution is 2.17. The van der Waals surface area contributed by atoms with Crippen LogP contribution in [0, 0.1) is 19.8 Å². The number of carboxylic acid groups (broad SMARTS) is 1. The van der Waals surface area contributed by atoms with E-state index in [1.165, 1.54) is 11.3 Å². The third-order valence-corrected chi connectivity index (χ3v) is 3.68. The van der Waals surface area contributed by atoms with E-state index in [0.717, 1.165) is 5.01 Å². The maximum Gasteiger partial charge on any atom is 0.308 e. The summed E-state index contributed by atoms with van der Waals surface area (Å²) in [5.74, 6) is -1.79. The molecule has 0 aliphatic carbocycles. The van der Waals surface area contributed by atoms with Crippen LogP contribution in [0.15, 0.2) is 0 Å². The number of nitrogens with zero attached hydrogens (tertiary/aromatic N) is 1. The highest BCUT2D eigenvalue weighted by atomic mass is 32.1. The van der Waals surface area contributed by atoms with Crippen LogP contribution in [0.3, 0.4) is 0 Å². The van der Waals surface area contributed by atoms with E-state index in [4.69, 9.17) is 5.11 Å². The fourth-order valence-corrected chi connectivity index (χ4v) is 2.18. The Bertz CT molecular complexity index is 442. The maximum absolute atomic E-state index is 11.9. The molecule has 94 valence electrons. The highest BCUT2D eigenvalue weighted by molar-refractivity contribution is 7.13. The molecule has 1 heterocycles. The van der Waals surface area contributed by atoms with Crippen LogP contribution in [0.25, 0.3) is 0 Å². The van der Waals surface area contributed by atoms with Gasteiger partial charge in [-0.25, -0.2) is 4.98 Å². The Morgan fingerprint density at radius 1 is 1.35 bits per heavy atom. The van der Waals surface area contributed by atoms with Gasteiger partial charge in [0.1, 0.15) is 4.88 Å². The minimum absolute atomic E-state index is 0.256. The summed E-state index contributed by atoms with van der Waals surface area (Å²) in [7, 11) is 0. The summed E-state index contributed by atoms with van der Waals surface area (Å²) in [5.41, 5.74) is 0.681. The zero-order chi connectivity index (χ0) is 13.2. The molecule has 0 spiro atoms. The first-order valence-corrected chi connectivity index (χ1v) is 6.12. The second kappa shape index (κ2) is 5.27. The summed E-state index contributed by atoms with van der Waals surface area (Å²) in [4.78, 5) is 27.4. The Morgan fingerprint density at radius 2 is 1.94 bits per heavy atom. The van der Waals surface area contributed by atoms with Crippen molar-refractivity contribution >= 4 is 23.2 Å². The van der Waals surface area contributed by atoms with Crippen molar-refractivity contribution in [3.8, 4) is 0 Å². The zero-order valence-corrected chi connectivity index (χ0v) is 11.1. The van der Waals surface area contributed by atoms with Crippen LogP contribution in [0.5, 0.6) is 0 Å². The molecular weight excluding hydrogens is 240 g/mol. The second-order valence-corrected chi connectivity index (χ2v) is 5.24. The molecule has 1 aromatic heterocycles. The van der Waals surface area contributed by atoms with Crippen molar-refractivity contribution in [1.29, 1.82) is 0 Å². The number of aromatic nitrogens is 1. The van der Waals surface area contributed by atoms with Gasteiger partial charge in [-0.3, -0.25) is 9.59 Å². The predicted molar refractivity (Wildman–Crippen MR) is 65.3 cm³/mol. The molecule has 1 rings (SSSR count). The van der Waals surface area contributed by atoms with Crippen molar-refractivity contribution in [2.24, 2.45) is 5.92 Å². The van der Waals surface area contributed by atoms with Gasteiger partial charge in [0, 0.05) is 6.04 Å². The van der Waals surface area contributed by atoms with Gasteiger partial charge >= 0.3 is 5.97 Å². The summed E-state index contributed by atoms with van der Waals surface area (Å²) >= 11 is 1.31. The third kappa shape index (κ3) is 3.26. The lowest BCUT2D eigenvalue weighted by atomic mass is 10.0. The monoisotopic (exact) mass is 256 g/mol. The van der Waals surface area contributed by atoms with Crippen molar-refractivity contribution in [3.63, 3.8) is 0 Å². The van der Waals surface area contributed by atoms with E-state index in [-0.39, 0.29) is 5.91 Å². The topological polar surface area (TPSA) is 79.3 Å². The number of hydrogen-bond donors (Lipinski definition) is 2. The van der Waals surface area contributed by atoms with Crippen LogP contribution < -0.4 is 5.32 Å². The molecule has 1 aromatic rings. The average Bonchev–Trinajstić information content (AvgIpc) is 2.56. The molecule has 17 heavy (non-hydrogen) atoms. The molecule has 0 saturated heterocycles. The number of nitrogens with one attached hydrogen (secondary N) is 1. The highest BCUT2D eigenvalue weighted by Gasteiger charge is 2.23. The molecule has 0 radical (unpaired) electrons. The number of carboxylic acids is 1. The Hall–Kier alpha value is -1.43. The first-order chi connectivity index (χ1) is 7.82. The average molecular weight is 256 g/mol. The lowest BCUT2D eigenvalue weighted by Crippen LogP contribution is -2.39. The molecular formula is C11H16N2O3S. The Morgan fingerprint density at radius 3 is 2.35 bits per heavy atom. The first kappa shape index (κ1) is 13.6. The fraction of sp³-hybridized carbons (Fsp3) is 0.545. The largest absolute Gasteiger partial charge is 0.481 e. The minimum Gasteiger partial charge on any atom is -0.481 e. The molecule has 6 heteroatoms. The molecule has 2 unspecified atom stereocenters. The van der Waals surface area contributed by atoms with Crippen LogP contribution in [-0.2, 0) is 4.79 Å². The van der Waals surface area contributed by atoms with Crippen LogP contribution in [0.2, 0.25) is 0 Å². The summed E-state index contributed by atoms with van der Waals surface area (Å²) in [5, 5.41) is 12.3. The zero-order valence-electron chi connectivity index (χ0n) is 10.3. The number of rotatable bonds is 4. The molecule has 5 nitrogen and oxygen atoms in total. The molecule has 0 aliphatic rings. The van der Waals surface area contributed by atoms with Gasteiger partial charge in [-0.2, -0.15) is 0 Å². The van der Waals surface area contributed by atoms with E-state index in [9.17, 15) is 9.59 Å². The smallest absolute Gasteiger partial charge is 0.308 e. The van der Waals surface area contributed by atoms with Gasteiger partial charge in [-0.15, -0.1) is 11.3 Å². The molecule has 0 aromatic carbocycles. The minimum atomic E-state index is -0.921. The number of aryl methyl sites for hydroxylation is 2. The van der Waals surface area contributed by atoms with Crippen molar-refractivity contribution < 1.29 is 14.7 Å². The number of carbonyl (C=O) groups excluding carboxylic acids is 1. The van der Waals surface area contributed by atoms with E-state index in [1.54, 1.807) is 20.8 Å². The van der Waals surface area contributed by atoms with Crippen LogP contribution in [-0.4, -0.2) is 28.0 Å². The molecule has 2 atom stereocenters. The molecule has 0 bridgehead atoms. The Labute approximate surface area is 104 Å². The fourth-order valence-electron chi connectivity index (χ4n) is 1.35. The summed E-state index contributed by atoms with van der Waals surface area (Å²) in [6.45, 7) is 6.85. The standard InChI is InChI=1S/C11H16N2O3S/c1-5(11(15)16)6(2)13-10(14)9-7(3)12-8(4)17-9/h5-6H,1-4H3,(H,13,14)(H,15,16). The molecule has 1 amide bonds. The number of amides is 1. The molecule has 2 N–H and O–H groups in total. The molecule has 0 saturated carbocycles. The normalized spacial score (nSPS) is 14.1. The summed E-state index contributed by atoms with van der Waals surface area (Å²) in [6.07, 6.45) is 0. The van der Waals surface area contributed by atoms with Gasteiger partial charge in [0.15, 0.2) is 0 Å².